The van der Waals surface area contributed by atoms with Crippen molar-refractivity contribution in [1.29, 1.82) is 0 Å². The summed E-state index contributed by atoms with van der Waals surface area (Å²) in [5.41, 5.74) is 11.3. The molecule has 0 aliphatic rings. The maximum atomic E-state index is 13.0. The van der Waals surface area contributed by atoms with Crippen LogP contribution in [0.1, 0.15) is 123 Å². The van der Waals surface area contributed by atoms with E-state index in [0.717, 1.165) is 29.2 Å². The number of hydrogen-bond donors (Lipinski definition) is 6. The second kappa shape index (κ2) is 52.9. The van der Waals surface area contributed by atoms with Gasteiger partial charge in [-0.05, 0) is 165 Å². The molecule has 750 valence electrons. The first-order valence-electron chi connectivity index (χ1n) is 41.2. The number of halogens is 4. The number of anilines is 6. The Balaban J connectivity index is 0.000000312. The van der Waals surface area contributed by atoms with E-state index in [4.69, 9.17) is 55.2 Å². The molecule has 0 radical (unpaired) electrons. The van der Waals surface area contributed by atoms with E-state index in [1.807, 2.05) is 78.0 Å². The normalized spacial score (nSPS) is 10.6. The molecule has 0 saturated carbocycles. The zero-order chi connectivity index (χ0) is 97.9. The molecule has 9 heterocycles. The van der Waals surface area contributed by atoms with E-state index in [9.17, 15) is 37.1 Å². The quantitative estimate of drug-likeness (QED) is 0.0159. The number of ketones is 1. The minimum absolute atomic E-state index is 0. The van der Waals surface area contributed by atoms with Crippen molar-refractivity contribution < 1.29 is 75.0 Å². The van der Waals surface area contributed by atoms with Gasteiger partial charge in [0.25, 0.3) is 0 Å². The molecule has 6 aromatic carbocycles. The van der Waals surface area contributed by atoms with Crippen LogP contribution in [0.3, 0.4) is 0 Å². The molecule has 15 rings (SSSR count). The predicted molar refractivity (Wildman–Crippen MR) is 542 cm³/mol. The first-order chi connectivity index (χ1) is 64.6. The van der Waals surface area contributed by atoms with Crippen molar-refractivity contribution in [1.82, 2.24) is 93.9 Å². The third-order valence-electron chi connectivity index (χ3n) is 17.0. The molecule has 0 fully saturated rings. The fraction of sp³-hybridized carbons (Fsp3) is 0.250. The van der Waals surface area contributed by atoms with E-state index in [1.54, 1.807) is 245 Å². The smallest absolute Gasteiger partial charge is 0.417 e. The van der Waals surface area contributed by atoms with Crippen molar-refractivity contribution in [2.45, 2.75) is 130 Å². The van der Waals surface area contributed by atoms with E-state index in [2.05, 4.69) is 96.8 Å². The number of nitrogens with two attached hydrogens (primary N) is 1. The second-order valence-electron chi connectivity index (χ2n) is 32.2. The Kier molecular flexibility index (Phi) is 42.9. The summed E-state index contributed by atoms with van der Waals surface area (Å²) >= 11 is 5.60. The number of carbonyl (C=O) groups is 5. The van der Waals surface area contributed by atoms with Crippen LogP contribution in [0.2, 0.25) is 5.02 Å². The van der Waals surface area contributed by atoms with Crippen LogP contribution in [0, 0.1) is 0 Å². The Morgan fingerprint density at radius 1 is 0.380 bits per heavy atom. The predicted octanol–water partition coefficient (Wildman–Crippen LogP) is 24.0. The molecular formula is C100H119ClF3N25O13. The number of nitrogen functional groups attached to an aromatic ring is 1. The zero-order valence-electron chi connectivity index (χ0n) is 76.2. The lowest BCUT2D eigenvalue weighted by Crippen LogP contribution is -2.27. The molecule has 5 amide bonds. The van der Waals surface area contributed by atoms with Crippen molar-refractivity contribution in [2.24, 2.45) is 28.2 Å². The molecule has 0 saturated heterocycles. The summed E-state index contributed by atoms with van der Waals surface area (Å²) in [6.45, 7) is 16.2. The summed E-state index contributed by atoms with van der Waals surface area (Å²) in [4.78, 5) is 103. The average molecular weight is 1970 g/mol. The van der Waals surface area contributed by atoms with Gasteiger partial charge in [-0.3, -0.25) is 39.5 Å². The molecule has 0 aliphatic heterocycles. The SMILES string of the molecule is C.C.C.C.C.C.CN(C)/C=C/C(=O)c1cc(Oc2cccc(NC(=O)OC(C)(C)C)c2)ncn1.Cn1ccc(-c2cc(Oc3cccc(N)c3)ncn2)n1.Cn1ccc(-c2cc(Oc3cccc(NC(=O)Nc4ccc(Cl)c(C(F)(F)F)c4)c3)ncn2)n1.Cn1ccc(-c2cc(Oc3cccc(NC(=O)OC(C)(C)C)c3)ncn2)n1.Cn1nccc1-c1cc(Oc2cccc(NC(=O)OC(C)(C)C)c2)ncn1. The van der Waals surface area contributed by atoms with E-state index < -0.39 is 57.9 Å². The van der Waals surface area contributed by atoms with Crippen LogP contribution in [0.15, 0.2) is 263 Å². The number of allylic oxidation sites excluding steroid dienone is 1. The standard InChI is InChI=1S/C22H16ClF3N6O2.C20H24N4O4.2C19H21N5O3.C14H13N5O.6CH4/c1-32-8-7-18(31-32)19-11-20(28-12-27-19)34-15-4-2-3-13(9-15)29-21(33)30-14-5-6-17(23)16(10-14)22(24,25)26;1-20(2,3)28-19(26)23-14-7-6-8-15(11-14)27-18-12-16(21-13-22-18)17(25)9-10-24(4)5;1-19(2,3)27-18(25)23-13-6-5-7-14(10-13)26-17-11-15(20-12-21-17)16-8-9-22-24(16)4;1-19(2,3)27-18(25)22-13-6-5-7-14(10-13)26-17-11-16(20-12-21-17)15-8-9-24(4)23-15;1-19-6-5-12(18-19)13-8-14(17-9-16-13)20-11-4-2-3-10(15)7-11;;;;;;/h2-12H,1H3,(H2,29,30,33);6-13H,1-5H3,(H,23,26);5-12H,1-4H3,(H,23,25);5-12H,1-4H3,(H,22,25);2-9H,15H2,1H3;6*1H4/b;10-9+;;;;;;;;;. The monoisotopic (exact) mass is 1970 g/mol. The van der Waals surface area contributed by atoms with Gasteiger partial charge in [0, 0.05) is 174 Å². The summed E-state index contributed by atoms with van der Waals surface area (Å²) in [7, 11) is 11.0. The molecule has 0 aliphatic carbocycles. The first-order valence-corrected chi connectivity index (χ1v) is 41.5. The number of alkyl halides is 3. The lowest BCUT2D eigenvalue weighted by Gasteiger charge is -2.19. The lowest BCUT2D eigenvalue weighted by molar-refractivity contribution is -0.137. The minimum atomic E-state index is -4.64. The molecule has 0 bridgehead atoms. The molecular weight excluding hydrogens is 1850 g/mol. The van der Waals surface area contributed by atoms with Crippen LogP contribution in [-0.2, 0) is 48.6 Å². The molecule has 42 heteroatoms. The number of aromatic nitrogens is 18. The zero-order valence-corrected chi connectivity index (χ0v) is 77.0. The number of ether oxygens (including phenoxy) is 8. The van der Waals surface area contributed by atoms with Crippen LogP contribution in [0.4, 0.5) is 66.5 Å². The van der Waals surface area contributed by atoms with Crippen LogP contribution >= 0.6 is 11.6 Å². The molecule has 38 nitrogen and oxygen atoms in total. The Labute approximate surface area is 827 Å². The highest BCUT2D eigenvalue weighted by molar-refractivity contribution is 6.31. The molecule has 7 N–H and O–H groups in total. The maximum Gasteiger partial charge on any atom is 0.417 e. The van der Waals surface area contributed by atoms with E-state index in [0.29, 0.717) is 103 Å². The van der Waals surface area contributed by atoms with Gasteiger partial charge < -0.3 is 59.2 Å². The third kappa shape index (κ3) is 38.0. The molecule has 0 spiro atoms. The van der Waals surface area contributed by atoms with Gasteiger partial charge in [0.05, 0.1) is 39.1 Å². The number of hydrogen-bond acceptors (Lipinski definition) is 29. The number of nitrogens with zero attached hydrogens (tertiary/aromatic N) is 19. The molecule has 0 atom stereocenters. The Morgan fingerprint density at radius 2 is 0.704 bits per heavy atom. The topological polar surface area (TPSA) is 449 Å². The van der Waals surface area contributed by atoms with Crippen molar-refractivity contribution in [3.05, 3.63) is 279 Å². The van der Waals surface area contributed by atoms with Crippen LogP contribution in [-0.4, -0.2) is 155 Å². The summed E-state index contributed by atoms with van der Waals surface area (Å²) in [6, 6.07) is 52.3. The van der Waals surface area contributed by atoms with E-state index in [1.165, 1.54) is 55.9 Å². The summed E-state index contributed by atoms with van der Waals surface area (Å²) in [6.07, 6.45) is 10.9. The van der Waals surface area contributed by atoms with Gasteiger partial charge in [-0.2, -0.15) is 33.6 Å². The highest BCUT2D eigenvalue weighted by atomic mass is 35.5. The van der Waals surface area contributed by atoms with Gasteiger partial charge in [0.15, 0.2) is 0 Å². The molecule has 0 unspecified atom stereocenters. The van der Waals surface area contributed by atoms with E-state index in [-0.39, 0.29) is 73.5 Å². The Bertz CT molecular complexity index is 6670. The van der Waals surface area contributed by atoms with Crippen molar-refractivity contribution in [3.8, 4) is 104 Å². The summed E-state index contributed by atoms with van der Waals surface area (Å²) < 4.78 is 90.3. The highest BCUT2D eigenvalue weighted by Crippen LogP contribution is 2.38. The summed E-state index contributed by atoms with van der Waals surface area (Å²) in [5.74, 6) is 3.92. The number of benzene rings is 6. The van der Waals surface area contributed by atoms with Crippen molar-refractivity contribution in [2.75, 3.05) is 46.4 Å². The van der Waals surface area contributed by atoms with Crippen molar-refractivity contribution >= 4 is 75.8 Å². The number of urea groups is 1. The van der Waals surface area contributed by atoms with Gasteiger partial charge >= 0.3 is 30.5 Å². The number of rotatable bonds is 22. The van der Waals surface area contributed by atoms with Crippen LogP contribution < -0.4 is 56.0 Å². The van der Waals surface area contributed by atoms with Gasteiger partial charge in [-0.15, -0.1) is 0 Å². The van der Waals surface area contributed by atoms with Gasteiger partial charge in [0.2, 0.25) is 35.2 Å². The third-order valence-corrected chi connectivity index (χ3v) is 17.4. The second-order valence-corrected chi connectivity index (χ2v) is 32.6. The summed E-state index contributed by atoms with van der Waals surface area (Å²) in [5, 5.41) is 29.4. The maximum absolute atomic E-state index is 13.0. The molecule has 142 heavy (non-hydrogen) atoms. The van der Waals surface area contributed by atoms with Gasteiger partial charge in [-0.1, -0.05) is 86.5 Å². The fourth-order valence-electron chi connectivity index (χ4n) is 11.4. The minimum Gasteiger partial charge on any atom is -0.444 e. The Morgan fingerprint density at radius 3 is 1.03 bits per heavy atom. The van der Waals surface area contributed by atoms with Crippen LogP contribution in [0.5, 0.6) is 58.1 Å². The first kappa shape index (κ1) is 115. The fourth-order valence-corrected chi connectivity index (χ4v) is 11.6. The van der Waals surface area contributed by atoms with Gasteiger partial charge in [-0.25, -0.2) is 69.0 Å². The number of carbonyl (C=O) groups excluding carboxylic acids is 5. The average Bonchev–Trinajstić information content (AvgIpc) is 0.928. The number of aryl methyl sites for hydroxylation is 4. The van der Waals surface area contributed by atoms with Crippen LogP contribution in [0.25, 0.3) is 45.6 Å². The number of amides is 5. The molecule has 15 aromatic rings. The number of nitrogens with one attached hydrogen (secondary N) is 5. The highest BCUT2D eigenvalue weighted by Gasteiger charge is 2.34. The van der Waals surface area contributed by atoms with Crippen molar-refractivity contribution in [3.63, 3.8) is 0 Å². The largest absolute Gasteiger partial charge is 0.444 e. The molecule has 9 aromatic heterocycles. The van der Waals surface area contributed by atoms with E-state index >= 15 is 0 Å². The van der Waals surface area contributed by atoms with Gasteiger partial charge in [0.1, 0.15) is 100.0 Å². The Hall–Kier alpha value is -17.3. The lowest BCUT2D eigenvalue weighted by atomic mass is 10.2.